The van der Waals surface area contributed by atoms with Crippen molar-refractivity contribution in [1.82, 2.24) is 14.7 Å². The highest BCUT2D eigenvalue weighted by molar-refractivity contribution is 5.14. The van der Waals surface area contributed by atoms with Crippen LogP contribution < -0.4 is 0 Å². The van der Waals surface area contributed by atoms with E-state index in [4.69, 9.17) is 0 Å². The van der Waals surface area contributed by atoms with Crippen molar-refractivity contribution in [3.63, 3.8) is 0 Å². The Morgan fingerprint density at radius 2 is 1.81 bits per heavy atom. The lowest BCUT2D eigenvalue weighted by molar-refractivity contribution is 0.0610. The van der Waals surface area contributed by atoms with Crippen LogP contribution in [0, 0.1) is 0 Å². The quantitative estimate of drug-likeness (QED) is 0.804. The van der Waals surface area contributed by atoms with E-state index in [0.29, 0.717) is 0 Å². The van der Waals surface area contributed by atoms with Gasteiger partial charge in [0.1, 0.15) is 0 Å². The molecule has 0 aliphatic carbocycles. The van der Waals surface area contributed by atoms with E-state index in [1.165, 1.54) is 5.56 Å². The summed E-state index contributed by atoms with van der Waals surface area (Å²) in [6, 6.07) is 10.5. The van der Waals surface area contributed by atoms with Gasteiger partial charge in [0.2, 0.25) is 0 Å². The van der Waals surface area contributed by atoms with Gasteiger partial charge in [0, 0.05) is 45.8 Å². The molecule has 0 saturated carbocycles. The van der Waals surface area contributed by atoms with Crippen molar-refractivity contribution in [2.24, 2.45) is 0 Å². The van der Waals surface area contributed by atoms with Gasteiger partial charge in [-0.1, -0.05) is 30.3 Å². The molecule has 1 aliphatic heterocycles. The third kappa shape index (κ3) is 6.14. The van der Waals surface area contributed by atoms with Gasteiger partial charge in [0.15, 0.2) is 0 Å². The second kappa shape index (κ2) is 8.49. The van der Waals surface area contributed by atoms with E-state index >= 15 is 0 Å². The molecule has 1 heterocycles. The van der Waals surface area contributed by atoms with Crippen LogP contribution in [0.3, 0.4) is 0 Å². The van der Waals surface area contributed by atoms with Crippen LogP contribution in [0.2, 0.25) is 0 Å². The third-order valence-electron chi connectivity index (χ3n) is 4.21. The maximum absolute atomic E-state index is 10.2. The Hall–Kier alpha value is -0.940. The molecule has 1 aromatic carbocycles. The molecule has 1 saturated heterocycles. The number of benzene rings is 1. The minimum Gasteiger partial charge on any atom is -0.390 e. The van der Waals surface area contributed by atoms with Crippen LogP contribution in [0.1, 0.15) is 5.56 Å². The Bertz CT molecular complexity index is 390. The normalized spacial score (nSPS) is 19.0. The Kier molecular flexibility index (Phi) is 6.64. The lowest BCUT2D eigenvalue weighted by Crippen LogP contribution is -2.48. The molecule has 0 radical (unpaired) electrons. The molecular weight excluding hydrogens is 262 g/mol. The van der Waals surface area contributed by atoms with Crippen molar-refractivity contribution < 1.29 is 5.11 Å². The predicted molar refractivity (Wildman–Crippen MR) is 87.6 cm³/mol. The van der Waals surface area contributed by atoms with Gasteiger partial charge in [-0.15, -0.1) is 0 Å². The molecule has 4 heteroatoms. The van der Waals surface area contributed by atoms with E-state index in [2.05, 4.69) is 53.1 Å². The molecule has 0 bridgehead atoms. The average Bonchev–Trinajstić information content (AvgIpc) is 2.48. The van der Waals surface area contributed by atoms with E-state index in [1.54, 1.807) is 0 Å². The van der Waals surface area contributed by atoms with Gasteiger partial charge >= 0.3 is 0 Å². The van der Waals surface area contributed by atoms with Crippen LogP contribution in [-0.4, -0.2) is 85.8 Å². The van der Waals surface area contributed by atoms with Gasteiger partial charge in [-0.05, 0) is 26.1 Å². The number of hydrogen-bond donors (Lipinski definition) is 1. The van der Waals surface area contributed by atoms with E-state index in [9.17, 15) is 5.11 Å². The lowest BCUT2D eigenvalue weighted by Gasteiger charge is -2.34. The van der Waals surface area contributed by atoms with Crippen molar-refractivity contribution in [1.29, 1.82) is 0 Å². The van der Waals surface area contributed by atoms with E-state index in [1.807, 2.05) is 6.07 Å². The highest BCUT2D eigenvalue weighted by atomic mass is 16.3. The van der Waals surface area contributed by atoms with Gasteiger partial charge in [-0.3, -0.25) is 4.90 Å². The minimum atomic E-state index is -0.255. The summed E-state index contributed by atoms with van der Waals surface area (Å²) in [6.45, 7) is 6.89. The molecule has 1 fully saturated rings. The van der Waals surface area contributed by atoms with Crippen LogP contribution in [0.25, 0.3) is 0 Å². The second-order valence-electron chi connectivity index (χ2n) is 6.26. The van der Waals surface area contributed by atoms with Crippen molar-refractivity contribution in [2.75, 3.05) is 59.9 Å². The fourth-order valence-electron chi connectivity index (χ4n) is 2.80. The number of piperazine rings is 1. The number of rotatable bonds is 7. The first-order chi connectivity index (χ1) is 10.1. The number of aliphatic hydroxyl groups is 1. The molecule has 1 unspecified atom stereocenters. The number of likely N-dealkylation sites (N-methyl/N-ethyl adjacent to an activating group) is 2. The van der Waals surface area contributed by atoms with Gasteiger partial charge in [0.05, 0.1) is 6.10 Å². The van der Waals surface area contributed by atoms with Crippen molar-refractivity contribution in [3.05, 3.63) is 35.9 Å². The van der Waals surface area contributed by atoms with Crippen LogP contribution in [0.4, 0.5) is 0 Å². The SMILES string of the molecule is CN1CCN(CC(O)CN(C)CCc2ccccc2)CC1. The van der Waals surface area contributed by atoms with Crippen LogP contribution >= 0.6 is 0 Å². The topological polar surface area (TPSA) is 30.0 Å². The number of nitrogens with zero attached hydrogens (tertiary/aromatic N) is 3. The maximum Gasteiger partial charge on any atom is 0.0793 e. The van der Waals surface area contributed by atoms with Crippen molar-refractivity contribution in [2.45, 2.75) is 12.5 Å². The number of aliphatic hydroxyl groups excluding tert-OH is 1. The molecular formula is C17H29N3O. The molecule has 1 aliphatic rings. The summed E-state index contributed by atoms with van der Waals surface area (Å²) < 4.78 is 0. The van der Waals surface area contributed by atoms with Gasteiger partial charge < -0.3 is 14.9 Å². The molecule has 2 rings (SSSR count). The zero-order valence-corrected chi connectivity index (χ0v) is 13.4. The second-order valence-corrected chi connectivity index (χ2v) is 6.26. The minimum absolute atomic E-state index is 0.255. The van der Waals surface area contributed by atoms with Crippen molar-refractivity contribution in [3.8, 4) is 0 Å². The van der Waals surface area contributed by atoms with E-state index < -0.39 is 0 Å². The Balaban J connectivity index is 1.64. The summed E-state index contributed by atoms with van der Waals surface area (Å²) in [5, 5.41) is 10.2. The van der Waals surface area contributed by atoms with E-state index in [0.717, 1.165) is 52.2 Å². The van der Waals surface area contributed by atoms with Crippen molar-refractivity contribution >= 4 is 0 Å². The lowest BCUT2D eigenvalue weighted by atomic mass is 10.1. The Morgan fingerprint density at radius 3 is 2.48 bits per heavy atom. The standard InChI is InChI=1S/C17H29N3O/c1-18-10-12-20(13-11-18)15-17(21)14-19(2)9-8-16-6-4-3-5-7-16/h3-7,17,21H,8-15H2,1-2H3. The summed E-state index contributed by atoms with van der Waals surface area (Å²) in [5.74, 6) is 0. The number of hydrogen-bond acceptors (Lipinski definition) is 4. The first kappa shape index (κ1) is 16.4. The zero-order valence-electron chi connectivity index (χ0n) is 13.4. The molecule has 21 heavy (non-hydrogen) atoms. The summed E-state index contributed by atoms with van der Waals surface area (Å²) in [5.41, 5.74) is 1.36. The zero-order chi connectivity index (χ0) is 15.1. The summed E-state index contributed by atoms with van der Waals surface area (Å²) >= 11 is 0. The monoisotopic (exact) mass is 291 g/mol. The summed E-state index contributed by atoms with van der Waals surface area (Å²) in [7, 11) is 4.25. The van der Waals surface area contributed by atoms with Gasteiger partial charge in [0.25, 0.3) is 0 Å². The van der Waals surface area contributed by atoms with Crippen LogP contribution in [-0.2, 0) is 6.42 Å². The maximum atomic E-state index is 10.2. The van der Waals surface area contributed by atoms with Gasteiger partial charge in [-0.25, -0.2) is 0 Å². The first-order valence-electron chi connectivity index (χ1n) is 7.95. The Labute approximate surface area is 129 Å². The third-order valence-corrected chi connectivity index (χ3v) is 4.21. The molecule has 1 N–H and O–H groups in total. The summed E-state index contributed by atoms with van der Waals surface area (Å²) in [4.78, 5) is 6.94. The molecule has 4 nitrogen and oxygen atoms in total. The molecule has 0 aromatic heterocycles. The van der Waals surface area contributed by atoms with Crippen LogP contribution in [0.15, 0.2) is 30.3 Å². The molecule has 0 spiro atoms. The van der Waals surface area contributed by atoms with E-state index in [-0.39, 0.29) is 6.10 Å². The fraction of sp³-hybridized carbons (Fsp3) is 0.647. The fourth-order valence-corrected chi connectivity index (χ4v) is 2.80. The number of β-amino-alcohol motifs (C(OH)–C–C–N with tert-alkyl or cyclic N) is 1. The molecule has 1 aromatic rings. The molecule has 1 atom stereocenters. The average molecular weight is 291 g/mol. The van der Waals surface area contributed by atoms with Gasteiger partial charge in [-0.2, -0.15) is 0 Å². The predicted octanol–water partition coefficient (Wildman–Crippen LogP) is 0.769. The smallest absolute Gasteiger partial charge is 0.0793 e. The molecule has 118 valence electrons. The Morgan fingerprint density at radius 1 is 1.14 bits per heavy atom. The largest absolute Gasteiger partial charge is 0.390 e. The molecule has 0 amide bonds. The van der Waals surface area contributed by atoms with Crippen LogP contribution in [0.5, 0.6) is 0 Å². The highest BCUT2D eigenvalue weighted by Crippen LogP contribution is 2.03. The summed E-state index contributed by atoms with van der Waals surface area (Å²) in [6.07, 6.45) is 0.785. The highest BCUT2D eigenvalue weighted by Gasteiger charge is 2.17. The first-order valence-corrected chi connectivity index (χ1v) is 7.95.